The standard InChI is InChI=1S/C16H18BrN3OS/c17-13-6-5-12(22-13)16(7-11(21)8-16)15-19-18-14(9-1-2-9)20(15)10-3-4-10/h5-6,9-11,21H,1-4,7-8H2. The van der Waals surface area contributed by atoms with E-state index in [4.69, 9.17) is 0 Å². The molecule has 116 valence electrons. The van der Waals surface area contributed by atoms with Crippen molar-refractivity contribution in [1.82, 2.24) is 14.8 Å². The number of rotatable bonds is 4. The van der Waals surface area contributed by atoms with Gasteiger partial charge < -0.3 is 9.67 Å². The fourth-order valence-corrected chi connectivity index (χ4v) is 5.34. The first kappa shape index (κ1) is 13.7. The Kier molecular flexibility index (Phi) is 2.89. The molecule has 0 saturated heterocycles. The van der Waals surface area contributed by atoms with Crippen LogP contribution in [0.3, 0.4) is 0 Å². The van der Waals surface area contributed by atoms with Gasteiger partial charge in [0.25, 0.3) is 0 Å². The smallest absolute Gasteiger partial charge is 0.145 e. The molecule has 0 aliphatic heterocycles. The highest BCUT2D eigenvalue weighted by Crippen LogP contribution is 2.54. The average Bonchev–Trinajstić information content (AvgIpc) is 3.39. The molecule has 0 radical (unpaired) electrons. The Labute approximate surface area is 141 Å². The summed E-state index contributed by atoms with van der Waals surface area (Å²) in [6, 6.07) is 4.88. The third kappa shape index (κ3) is 1.96. The van der Waals surface area contributed by atoms with Crippen LogP contribution in [0.4, 0.5) is 0 Å². The number of nitrogens with zero attached hydrogens (tertiary/aromatic N) is 3. The van der Waals surface area contributed by atoms with Crippen molar-refractivity contribution in [1.29, 1.82) is 0 Å². The quantitative estimate of drug-likeness (QED) is 0.879. The zero-order valence-electron chi connectivity index (χ0n) is 12.2. The predicted molar refractivity (Wildman–Crippen MR) is 88.3 cm³/mol. The van der Waals surface area contributed by atoms with Gasteiger partial charge >= 0.3 is 0 Å². The van der Waals surface area contributed by atoms with Gasteiger partial charge in [-0.05, 0) is 66.6 Å². The highest BCUT2D eigenvalue weighted by atomic mass is 79.9. The lowest BCUT2D eigenvalue weighted by Gasteiger charge is -2.44. The van der Waals surface area contributed by atoms with Crippen molar-refractivity contribution < 1.29 is 5.11 Å². The molecule has 6 heteroatoms. The lowest BCUT2D eigenvalue weighted by atomic mass is 9.65. The Morgan fingerprint density at radius 1 is 1.18 bits per heavy atom. The van der Waals surface area contributed by atoms with E-state index in [0.29, 0.717) is 12.0 Å². The van der Waals surface area contributed by atoms with Gasteiger partial charge in [0, 0.05) is 16.8 Å². The third-order valence-corrected chi connectivity index (χ3v) is 7.05. The van der Waals surface area contributed by atoms with Crippen LogP contribution in [-0.2, 0) is 5.41 Å². The van der Waals surface area contributed by atoms with E-state index in [0.717, 1.165) is 22.5 Å². The van der Waals surface area contributed by atoms with Gasteiger partial charge in [-0.15, -0.1) is 21.5 Å². The molecule has 2 aromatic rings. The summed E-state index contributed by atoms with van der Waals surface area (Å²) in [4.78, 5) is 1.31. The largest absolute Gasteiger partial charge is 0.393 e. The molecule has 0 atom stereocenters. The zero-order chi connectivity index (χ0) is 14.9. The van der Waals surface area contributed by atoms with Crippen LogP contribution in [-0.4, -0.2) is 26.0 Å². The van der Waals surface area contributed by atoms with E-state index >= 15 is 0 Å². The molecule has 22 heavy (non-hydrogen) atoms. The topological polar surface area (TPSA) is 50.9 Å². The van der Waals surface area contributed by atoms with Crippen LogP contribution in [0.2, 0.25) is 0 Å². The SMILES string of the molecule is OC1CC(c2ccc(Br)s2)(c2nnc(C3CC3)n2C2CC2)C1. The van der Waals surface area contributed by atoms with Crippen molar-refractivity contribution in [3.63, 3.8) is 0 Å². The number of thiophene rings is 1. The molecule has 0 bridgehead atoms. The predicted octanol–water partition coefficient (Wildman–Crippen LogP) is 3.76. The molecule has 1 N–H and O–H groups in total. The monoisotopic (exact) mass is 379 g/mol. The molecule has 3 fully saturated rings. The van der Waals surface area contributed by atoms with Crippen LogP contribution < -0.4 is 0 Å². The lowest BCUT2D eigenvalue weighted by molar-refractivity contribution is 0.0334. The maximum absolute atomic E-state index is 10.0. The summed E-state index contributed by atoms with van der Waals surface area (Å²) in [5.74, 6) is 2.93. The molecule has 3 aliphatic rings. The van der Waals surface area contributed by atoms with E-state index < -0.39 is 0 Å². The first-order chi connectivity index (χ1) is 10.7. The molecular weight excluding hydrogens is 362 g/mol. The lowest BCUT2D eigenvalue weighted by Crippen LogP contribution is -2.47. The molecule has 0 unspecified atom stereocenters. The van der Waals surface area contributed by atoms with Crippen molar-refractivity contribution in [3.8, 4) is 0 Å². The van der Waals surface area contributed by atoms with E-state index in [1.54, 1.807) is 11.3 Å². The van der Waals surface area contributed by atoms with E-state index in [9.17, 15) is 5.11 Å². The minimum Gasteiger partial charge on any atom is -0.393 e. The second-order valence-corrected chi connectivity index (χ2v) is 9.47. The van der Waals surface area contributed by atoms with Gasteiger partial charge in [-0.25, -0.2) is 0 Å². The van der Waals surface area contributed by atoms with Crippen molar-refractivity contribution in [2.24, 2.45) is 0 Å². The molecular formula is C16H18BrN3OS. The van der Waals surface area contributed by atoms with E-state index in [2.05, 4.69) is 42.8 Å². The number of aliphatic hydroxyl groups is 1. The van der Waals surface area contributed by atoms with Crippen LogP contribution in [0, 0.1) is 0 Å². The van der Waals surface area contributed by atoms with Crippen LogP contribution >= 0.6 is 27.3 Å². The van der Waals surface area contributed by atoms with Gasteiger partial charge in [0.15, 0.2) is 0 Å². The van der Waals surface area contributed by atoms with Gasteiger partial charge in [-0.2, -0.15) is 0 Å². The Morgan fingerprint density at radius 3 is 2.50 bits per heavy atom. The minimum atomic E-state index is -0.213. The number of aliphatic hydroxyl groups excluding tert-OH is 1. The Balaban J connectivity index is 1.64. The number of hydrogen-bond donors (Lipinski definition) is 1. The van der Waals surface area contributed by atoms with Crippen molar-refractivity contribution in [2.75, 3.05) is 0 Å². The van der Waals surface area contributed by atoms with Gasteiger partial charge in [-0.3, -0.25) is 0 Å². The van der Waals surface area contributed by atoms with E-state index in [1.807, 2.05) is 0 Å². The van der Waals surface area contributed by atoms with Gasteiger partial charge in [0.05, 0.1) is 15.3 Å². The molecule has 3 saturated carbocycles. The Morgan fingerprint density at radius 2 is 1.95 bits per heavy atom. The van der Waals surface area contributed by atoms with Crippen molar-refractivity contribution in [2.45, 2.75) is 62.0 Å². The second-order valence-electron chi connectivity index (χ2n) is 7.01. The molecule has 2 aromatic heterocycles. The first-order valence-corrected chi connectivity index (χ1v) is 9.67. The summed E-state index contributed by atoms with van der Waals surface area (Å²) in [5, 5.41) is 19.2. The molecule has 5 rings (SSSR count). The summed E-state index contributed by atoms with van der Waals surface area (Å²) >= 11 is 5.34. The van der Waals surface area contributed by atoms with Crippen LogP contribution in [0.15, 0.2) is 15.9 Å². The van der Waals surface area contributed by atoms with E-state index in [-0.39, 0.29) is 11.5 Å². The van der Waals surface area contributed by atoms with Crippen LogP contribution in [0.5, 0.6) is 0 Å². The summed E-state index contributed by atoms with van der Waals surface area (Å²) in [6.45, 7) is 0. The van der Waals surface area contributed by atoms with Gasteiger partial charge in [-0.1, -0.05) is 0 Å². The minimum absolute atomic E-state index is 0.126. The second kappa shape index (κ2) is 4.65. The number of aromatic nitrogens is 3. The number of hydrogen-bond acceptors (Lipinski definition) is 4. The number of halogens is 1. The van der Waals surface area contributed by atoms with E-state index in [1.165, 1.54) is 36.4 Å². The Hall–Kier alpha value is -0.720. The fourth-order valence-electron chi connectivity index (χ4n) is 3.75. The zero-order valence-corrected chi connectivity index (χ0v) is 14.6. The first-order valence-electron chi connectivity index (χ1n) is 8.06. The van der Waals surface area contributed by atoms with Crippen LogP contribution in [0.25, 0.3) is 0 Å². The summed E-state index contributed by atoms with van der Waals surface area (Å²) < 4.78 is 3.58. The molecule has 0 spiro atoms. The molecule has 0 amide bonds. The highest BCUT2D eigenvalue weighted by molar-refractivity contribution is 9.11. The third-order valence-electron chi connectivity index (χ3n) is 5.22. The molecule has 3 aliphatic carbocycles. The molecule has 4 nitrogen and oxygen atoms in total. The Bertz CT molecular complexity index is 726. The van der Waals surface area contributed by atoms with Gasteiger partial charge in [0.1, 0.15) is 11.6 Å². The van der Waals surface area contributed by atoms with Crippen LogP contribution in [0.1, 0.15) is 67.0 Å². The maximum atomic E-state index is 10.0. The van der Waals surface area contributed by atoms with Crippen molar-refractivity contribution in [3.05, 3.63) is 32.4 Å². The molecule has 0 aromatic carbocycles. The summed E-state index contributed by atoms with van der Waals surface area (Å²) in [7, 11) is 0. The summed E-state index contributed by atoms with van der Waals surface area (Å²) in [5.41, 5.74) is -0.126. The molecule has 2 heterocycles. The normalized spacial score (nSPS) is 31.3. The van der Waals surface area contributed by atoms with Crippen molar-refractivity contribution >= 4 is 27.3 Å². The average molecular weight is 380 g/mol. The fraction of sp³-hybridized carbons (Fsp3) is 0.625. The summed E-state index contributed by atoms with van der Waals surface area (Å²) in [6.07, 6.45) is 6.34. The highest BCUT2D eigenvalue weighted by Gasteiger charge is 2.52. The van der Waals surface area contributed by atoms with Gasteiger partial charge in [0.2, 0.25) is 0 Å². The maximum Gasteiger partial charge on any atom is 0.145 e.